The summed E-state index contributed by atoms with van der Waals surface area (Å²) in [4.78, 5) is 24.6. The van der Waals surface area contributed by atoms with E-state index in [4.69, 9.17) is 4.74 Å². The molecule has 0 saturated carbocycles. The molecule has 10 nitrogen and oxygen atoms in total. The van der Waals surface area contributed by atoms with Gasteiger partial charge in [-0.05, 0) is 41.5 Å². The summed E-state index contributed by atoms with van der Waals surface area (Å²) in [7, 11) is 1.55. The summed E-state index contributed by atoms with van der Waals surface area (Å²) in [6.45, 7) is 0. The number of rotatable bonds is 7. The van der Waals surface area contributed by atoms with Crippen LogP contribution in [-0.4, -0.2) is 50.8 Å². The van der Waals surface area contributed by atoms with Crippen molar-refractivity contribution in [2.24, 2.45) is 10.2 Å². The molecule has 0 saturated heterocycles. The minimum absolute atomic E-state index is 0.0364. The molecule has 1 heterocycles. The summed E-state index contributed by atoms with van der Waals surface area (Å²) in [6, 6.07) is 20.0. The predicted molar refractivity (Wildman–Crippen MR) is 130 cm³/mol. The molecule has 1 atom stereocenters. The van der Waals surface area contributed by atoms with Crippen molar-refractivity contribution in [1.29, 1.82) is 0 Å². The molecular weight excluding hydrogens is 470 g/mol. The Labute approximate surface area is 204 Å². The Hall–Kier alpha value is -4.38. The van der Waals surface area contributed by atoms with E-state index in [1.165, 1.54) is 12.1 Å². The molecule has 0 spiro atoms. The number of azo groups is 1. The first kappa shape index (κ1) is 23.8. The molecule has 4 rings (SSSR count). The fourth-order valence-electron chi connectivity index (χ4n) is 3.37. The van der Waals surface area contributed by atoms with Crippen molar-refractivity contribution in [2.75, 3.05) is 12.9 Å². The number of nitrogens with one attached hydrogen (secondary N) is 2. The Morgan fingerprint density at radius 3 is 2.40 bits per heavy atom. The van der Waals surface area contributed by atoms with Crippen molar-refractivity contribution in [1.82, 2.24) is 10.9 Å². The first-order valence-corrected chi connectivity index (χ1v) is 11.5. The number of thioether (sulfide) groups is 1. The number of aromatic hydroxyl groups is 2. The average Bonchev–Trinajstić information content (AvgIpc) is 3.30. The lowest BCUT2D eigenvalue weighted by atomic mass is 10.1. The van der Waals surface area contributed by atoms with Gasteiger partial charge < -0.3 is 14.9 Å². The van der Waals surface area contributed by atoms with Crippen LogP contribution in [-0.2, 0) is 4.79 Å². The molecular formula is C24H22N5O5S+. The molecule has 3 aromatic carbocycles. The van der Waals surface area contributed by atoms with Gasteiger partial charge >= 0.3 is 5.84 Å². The highest BCUT2D eigenvalue weighted by atomic mass is 32.2. The summed E-state index contributed by atoms with van der Waals surface area (Å²) < 4.78 is 7.28. The SMILES string of the molecule is COc1ccccc1[N+]1=C(c2ccccc2O)N=NC1SCC(=O)NNC(=O)c1ccccc1O. The van der Waals surface area contributed by atoms with Crippen LogP contribution in [0, 0.1) is 0 Å². The monoisotopic (exact) mass is 492 g/mol. The molecule has 3 aromatic rings. The molecule has 0 aliphatic carbocycles. The smallest absolute Gasteiger partial charge is 0.364 e. The maximum atomic E-state index is 12.4. The van der Waals surface area contributed by atoms with Gasteiger partial charge in [-0.15, -0.1) is 0 Å². The van der Waals surface area contributed by atoms with Gasteiger partial charge in [-0.1, -0.05) is 48.2 Å². The van der Waals surface area contributed by atoms with E-state index in [9.17, 15) is 19.8 Å². The number of hydrogen-bond donors (Lipinski definition) is 4. The quantitative estimate of drug-likeness (QED) is 0.296. The predicted octanol–water partition coefficient (Wildman–Crippen LogP) is 3.14. The number of amides is 2. The zero-order valence-corrected chi connectivity index (χ0v) is 19.4. The molecule has 1 aliphatic heterocycles. The van der Waals surface area contributed by atoms with Crippen LogP contribution in [0.15, 0.2) is 83.0 Å². The largest absolute Gasteiger partial charge is 0.507 e. The van der Waals surface area contributed by atoms with E-state index in [0.717, 1.165) is 11.8 Å². The molecule has 178 valence electrons. The Morgan fingerprint density at radius 1 is 0.971 bits per heavy atom. The van der Waals surface area contributed by atoms with Crippen LogP contribution in [0.4, 0.5) is 5.69 Å². The van der Waals surface area contributed by atoms with E-state index in [2.05, 4.69) is 21.1 Å². The second kappa shape index (κ2) is 10.7. The fourth-order valence-corrected chi connectivity index (χ4v) is 4.22. The Bertz CT molecular complexity index is 1330. The zero-order chi connectivity index (χ0) is 24.8. The van der Waals surface area contributed by atoms with Gasteiger partial charge in [0, 0.05) is 0 Å². The second-order valence-electron chi connectivity index (χ2n) is 7.25. The summed E-state index contributed by atoms with van der Waals surface area (Å²) in [5.41, 5.74) is 5.14. The van der Waals surface area contributed by atoms with Gasteiger partial charge in [-0.25, -0.2) is 0 Å². The van der Waals surface area contributed by atoms with Crippen molar-refractivity contribution in [3.05, 3.63) is 83.9 Å². The number of benzene rings is 3. The van der Waals surface area contributed by atoms with Gasteiger partial charge in [-0.2, -0.15) is 4.58 Å². The molecule has 1 aliphatic rings. The lowest BCUT2D eigenvalue weighted by molar-refractivity contribution is -0.448. The minimum Gasteiger partial charge on any atom is -0.507 e. The third-order valence-corrected chi connectivity index (χ3v) is 6.05. The Morgan fingerprint density at radius 2 is 1.66 bits per heavy atom. The number of para-hydroxylation sites is 4. The highest BCUT2D eigenvalue weighted by Gasteiger charge is 2.37. The number of phenols is 2. The molecule has 0 radical (unpaired) electrons. The van der Waals surface area contributed by atoms with Crippen molar-refractivity contribution in [3.63, 3.8) is 0 Å². The van der Waals surface area contributed by atoms with Gasteiger partial charge in [0.25, 0.3) is 11.4 Å². The zero-order valence-electron chi connectivity index (χ0n) is 18.6. The number of hydrazine groups is 1. The van der Waals surface area contributed by atoms with E-state index in [1.54, 1.807) is 54.1 Å². The first-order chi connectivity index (χ1) is 17.0. The van der Waals surface area contributed by atoms with Gasteiger partial charge in [0.2, 0.25) is 5.91 Å². The van der Waals surface area contributed by atoms with E-state index < -0.39 is 17.3 Å². The third kappa shape index (κ3) is 5.25. The fraction of sp³-hybridized carbons (Fsp3) is 0.125. The van der Waals surface area contributed by atoms with Crippen LogP contribution < -0.4 is 15.6 Å². The van der Waals surface area contributed by atoms with Crippen LogP contribution in [0.25, 0.3) is 0 Å². The van der Waals surface area contributed by atoms with Crippen molar-refractivity contribution in [3.8, 4) is 17.2 Å². The number of methoxy groups -OCH3 is 1. The summed E-state index contributed by atoms with van der Waals surface area (Å²) in [5.74, 6) is -0.380. The molecule has 0 bridgehead atoms. The first-order valence-electron chi connectivity index (χ1n) is 10.5. The molecule has 2 amide bonds. The third-order valence-electron chi connectivity index (χ3n) is 5.02. The van der Waals surface area contributed by atoms with Gasteiger partial charge in [0.15, 0.2) is 11.4 Å². The topological polar surface area (TPSA) is 136 Å². The van der Waals surface area contributed by atoms with Gasteiger partial charge in [-0.3, -0.25) is 20.4 Å². The van der Waals surface area contributed by atoms with E-state index in [-0.39, 0.29) is 22.8 Å². The molecule has 35 heavy (non-hydrogen) atoms. The van der Waals surface area contributed by atoms with Gasteiger partial charge in [0.05, 0.1) is 23.5 Å². The highest BCUT2D eigenvalue weighted by molar-refractivity contribution is 8.00. The van der Waals surface area contributed by atoms with E-state index >= 15 is 0 Å². The molecule has 4 N–H and O–H groups in total. The van der Waals surface area contributed by atoms with Crippen LogP contribution in [0.3, 0.4) is 0 Å². The van der Waals surface area contributed by atoms with Crippen molar-refractivity contribution in [2.45, 2.75) is 5.50 Å². The van der Waals surface area contributed by atoms with E-state index in [1.807, 2.05) is 18.2 Å². The highest BCUT2D eigenvalue weighted by Crippen LogP contribution is 2.35. The molecule has 1 unspecified atom stereocenters. The number of amidine groups is 1. The maximum Gasteiger partial charge on any atom is 0.364 e. The van der Waals surface area contributed by atoms with Crippen molar-refractivity contribution >= 4 is 35.1 Å². The lowest BCUT2D eigenvalue weighted by Gasteiger charge is -2.13. The number of ether oxygens (including phenoxy) is 1. The lowest BCUT2D eigenvalue weighted by Crippen LogP contribution is -2.42. The number of hydrogen-bond acceptors (Lipinski definition) is 8. The standard InChI is InChI=1S/C24H21N5O5S/c1-34-20-13-7-4-10-17(20)29-22(15-8-2-5-11-18(15)30)26-28-24(29)35-14-21(32)25-27-23(33)16-9-3-6-12-19(16)31/h2-13,24H,14H2,1H3,(H3,25,26,27,28,30,31,32,33)/p+1. The molecule has 0 fully saturated rings. The summed E-state index contributed by atoms with van der Waals surface area (Å²) >= 11 is 1.16. The average molecular weight is 493 g/mol. The number of phenolic OH excluding ortho intramolecular Hbond substituents is 2. The number of nitrogens with zero attached hydrogens (tertiary/aromatic N) is 3. The van der Waals surface area contributed by atoms with Crippen LogP contribution >= 0.6 is 11.8 Å². The Kier molecular flexibility index (Phi) is 7.27. The van der Waals surface area contributed by atoms with Gasteiger partial charge in [0.1, 0.15) is 17.1 Å². The molecule has 11 heteroatoms. The minimum atomic E-state index is -0.646. The normalized spacial score (nSPS) is 14.6. The Balaban J connectivity index is 1.51. The maximum absolute atomic E-state index is 12.4. The van der Waals surface area contributed by atoms with Crippen molar-refractivity contribution < 1.29 is 29.1 Å². The molecule has 0 aromatic heterocycles. The number of carbonyl (C=O) groups is 2. The second-order valence-corrected chi connectivity index (χ2v) is 8.30. The van der Waals surface area contributed by atoms with Crippen LogP contribution in [0.1, 0.15) is 15.9 Å². The van der Waals surface area contributed by atoms with E-state index in [0.29, 0.717) is 22.8 Å². The summed E-state index contributed by atoms with van der Waals surface area (Å²) in [6.07, 6.45) is 0. The summed E-state index contributed by atoms with van der Waals surface area (Å²) in [5, 5.41) is 28.8. The number of carbonyl (C=O) groups excluding carboxylic acids is 2. The van der Waals surface area contributed by atoms with Crippen LogP contribution in [0.5, 0.6) is 17.2 Å². The van der Waals surface area contributed by atoms with Crippen LogP contribution in [0.2, 0.25) is 0 Å².